The molecule has 2 heteroatoms. The van der Waals surface area contributed by atoms with E-state index in [1.807, 2.05) is 0 Å². The molecule has 2 aliphatic carbocycles. The van der Waals surface area contributed by atoms with Crippen LogP contribution in [0.3, 0.4) is 0 Å². The molecule has 0 aromatic heterocycles. The fourth-order valence-electron chi connectivity index (χ4n) is 2.31. The summed E-state index contributed by atoms with van der Waals surface area (Å²) in [6.07, 6.45) is 5.84. The number of fused-ring (bicyclic) bond motifs is 1. The molecule has 0 heterocycles. The van der Waals surface area contributed by atoms with Crippen molar-refractivity contribution in [3.05, 3.63) is 0 Å². The van der Waals surface area contributed by atoms with Crippen molar-refractivity contribution in [3.63, 3.8) is 0 Å². The van der Waals surface area contributed by atoms with Gasteiger partial charge in [0.25, 0.3) is 0 Å². The Morgan fingerprint density at radius 1 is 0.800 bits per heavy atom. The van der Waals surface area contributed by atoms with E-state index < -0.39 is 0 Å². The fourth-order valence-corrected chi connectivity index (χ4v) is 4.40. The summed E-state index contributed by atoms with van der Waals surface area (Å²) in [5.41, 5.74) is 0. The Kier molecular flexibility index (Phi) is 2.11. The first-order valence-corrected chi connectivity index (χ1v) is 5.92. The highest BCUT2D eigenvalue weighted by Crippen LogP contribution is 2.52. The largest absolute Gasteiger partial charge is 0.0875 e. The zero-order valence-electron chi connectivity index (χ0n) is 5.89. The van der Waals surface area contributed by atoms with Crippen LogP contribution in [0, 0.1) is 11.8 Å². The molecule has 0 saturated heterocycles. The average Bonchev–Trinajstić information content (AvgIpc) is 2.03. The van der Waals surface area contributed by atoms with Gasteiger partial charge in [0, 0.05) is 9.65 Å². The van der Waals surface area contributed by atoms with Gasteiger partial charge in [-0.05, 0) is 24.7 Å². The molecule has 10 heavy (non-hydrogen) atoms. The number of rotatable bonds is 0. The minimum absolute atomic E-state index is 0.776. The van der Waals surface area contributed by atoms with E-state index in [2.05, 4.69) is 31.9 Å². The third-order valence-electron chi connectivity index (χ3n) is 3.00. The van der Waals surface area contributed by atoms with Crippen LogP contribution in [-0.4, -0.2) is 9.65 Å². The predicted octanol–water partition coefficient (Wildman–Crippen LogP) is 3.33. The van der Waals surface area contributed by atoms with Crippen molar-refractivity contribution in [2.45, 2.75) is 35.3 Å². The maximum absolute atomic E-state index is 3.72. The predicted molar refractivity (Wildman–Crippen MR) is 50.9 cm³/mol. The lowest BCUT2D eigenvalue weighted by Gasteiger charge is -2.49. The summed E-state index contributed by atoms with van der Waals surface area (Å²) in [7, 11) is 0. The summed E-state index contributed by atoms with van der Waals surface area (Å²) in [4.78, 5) is 1.55. The van der Waals surface area contributed by atoms with Crippen molar-refractivity contribution in [3.8, 4) is 0 Å². The van der Waals surface area contributed by atoms with Crippen LogP contribution in [0.4, 0.5) is 0 Å². The maximum atomic E-state index is 3.72. The summed E-state index contributed by atoms with van der Waals surface area (Å²) < 4.78 is 0. The average molecular weight is 268 g/mol. The minimum Gasteiger partial charge on any atom is -0.0875 e. The van der Waals surface area contributed by atoms with Crippen molar-refractivity contribution in [2.24, 2.45) is 11.8 Å². The summed E-state index contributed by atoms with van der Waals surface area (Å²) in [5.74, 6) is 2.00. The Balaban J connectivity index is 2.00. The Labute approximate surface area is 79.0 Å². The van der Waals surface area contributed by atoms with E-state index in [0.29, 0.717) is 0 Å². The first kappa shape index (κ1) is 7.60. The third kappa shape index (κ3) is 0.989. The smallest absolute Gasteiger partial charge is 0.0305 e. The van der Waals surface area contributed by atoms with Gasteiger partial charge in [-0.15, -0.1) is 0 Å². The maximum Gasteiger partial charge on any atom is 0.0305 e. The van der Waals surface area contributed by atoms with Crippen LogP contribution in [0.25, 0.3) is 0 Å². The van der Waals surface area contributed by atoms with Gasteiger partial charge in [-0.2, -0.15) is 0 Å². The zero-order chi connectivity index (χ0) is 7.14. The molecule has 2 rings (SSSR count). The number of halogens is 2. The highest BCUT2D eigenvalue weighted by molar-refractivity contribution is 9.12. The molecule has 2 saturated carbocycles. The second-order valence-corrected chi connectivity index (χ2v) is 5.62. The van der Waals surface area contributed by atoms with Crippen molar-refractivity contribution >= 4 is 31.9 Å². The molecule has 2 unspecified atom stereocenters. The highest BCUT2D eigenvalue weighted by atomic mass is 79.9. The first-order chi connectivity index (χ1) is 4.80. The van der Waals surface area contributed by atoms with Gasteiger partial charge in [0.05, 0.1) is 0 Å². The summed E-state index contributed by atoms with van der Waals surface area (Å²) in [5, 5.41) is 0. The van der Waals surface area contributed by atoms with Crippen LogP contribution in [0.2, 0.25) is 0 Å². The van der Waals surface area contributed by atoms with Crippen LogP contribution in [0.15, 0.2) is 0 Å². The van der Waals surface area contributed by atoms with Gasteiger partial charge in [-0.25, -0.2) is 0 Å². The van der Waals surface area contributed by atoms with Crippen LogP contribution in [-0.2, 0) is 0 Å². The third-order valence-corrected chi connectivity index (χ3v) is 6.20. The van der Waals surface area contributed by atoms with E-state index in [1.165, 1.54) is 25.7 Å². The molecule has 0 aliphatic heterocycles. The van der Waals surface area contributed by atoms with Gasteiger partial charge < -0.3 is 0 Å². The Morgan fingerprint density at radius 2 is 1.20 bits per heavy atom. The monoisotopic (exact) mass is 266 g/mol. The number of hydrogen-bond donors (Lipinski definition) is 0. The van der Waals surface area contributed by atoms with E-state index in [-0.39, 0.29) is 0 Å². The van der Waals surface area contributed by atoms with E-state index in [0.717, 1.165) is 21.5 Å². The van der Waals surface area contributed by atoms with Gasteiger partial charge >= 0.3 is 0 Å². The lowest BCUT2D eigenvalue weighted by atomic mass is 9.65. The van der Waals surface area contributed by atoms with Gasteiger partial charge in [-0.3, -0.25) is 0 Å². The molecular formula is C8H12Br2. The summed E-state index contributed by atoms with van der Waals surface area (Å²) in [6, 6.07) is 0. The molecule has 0 nitrogen and oxygen atoms in total. The molecule has 0 radical (unpaired) electrons. The summed E-state index contributed by atoms with van der Waals surface area (Å²) in [6.45, 7) is 0. The Morgan fingerprint density at radius 3 is 1.60 bits per heavy atom. The molecule has 0 aromatic carbocycles. The second-order valence-electron chi connectivity index (χ2n) is 3.50. The molecule has 0 bridgehead atoms. The van der Waals surface area contributed by atoms with Crippen molar-refractivity contribution in [2.75, 3.05) is 0 Å². The summed E-state index contributed by atoms with van der Waals surface area (Å²) >= 11 is 7.44. The standard InChI is InChI=1S/C8H12Br2/c9-7-5-3-1-2-4-6(5)8(7)10/h5-8H,1-4H2/t5?,6?,7-,8-/m1/s1. The van der Waals surface area contributed by atoms with Crippen LogP contribution < -0.4 is 0 Å². The van der Waals surface area contributed by atoms with Gasteiger partial charge in [0.1, 0.15) is 0 Å². The SMILES string of the molecule is Br[C@@H]1C2CCCCC2[C@H]1Br. The molecule has 0 N–H and O–H groups in total. The quantitative estimate of drug-likeness (QED) is 0.591. The van der Waals surface area contributed by atoms with E-state index >= 15 is 0 Å². The van der Waals surface area contributed by atoms with E-state index in [1.54, 1.807) is 0 Å². The lowest BCUT2D eigenvalue weighted by molar-refractivity contribution is 0.143. The van der Waals surface area contributed by atoms with Gasteiger partial charge in [0.2, 0.25) is 0 Å². The lowest BCUT2D eigenvalue weighted by Crippen LogP contribution is -2.50. The molecule has 0 aromatic rings. The van der Waals surface area contributed by atoms with E-state index in [9.17, 15) is 0 Å². The topological polar surface area (TPSA) is 0 Å². The highest BCUT2D eigenvalue weighted by Gasteiger charge is 2.47. The normalized spacial score (nSPS) is 53.4. The molecular weight excluding hydrogens is 256 g/mol. The number of hydrogen-bond acceptors (Lipinski definition) is 0. The van der Waals surface area contributed by atoms with E-state index in [4.69, 9.17) is 0 Å². The van der Waals surface area contributed by atoms with Gasteiger partial charge in [0.15, 0.2) is 0 Å². The zero-order valence-corrected chi connectivity index (χ0v) is 9.07. The molecule has 2 fully saturated rings. The van der Waals surface area contributed by atoms with Crippen molar-refractivity contribution < 1.29 is 0 Å². The molecule has 0 spiro atoms. The fraction of sp³-hybridized carbons (Fsp3) is 1.00. The van der Waals surface area contributed by atoms with Crippen molar-refractivity contribution in [1.29, 1.82) is 0 Å². The molecule has 0 amide bonds. The van der Waals surface area contributed by atoms with Crippen LogP contribution >= 0.6 is 31.9 Å². The number of alkyl halides is 2. The van der Waals surface area contributed by atoms with Crippen LogP contribution in [0.5, 0.6) is 0 Å². The van der Waals surface area contributed by atoms with Gasteiger partial charge in [-0.1, -0.05) is 44.7 Å². The van der Waals surface area contributed by atoms with Crippen LogP contribution in [0.1, 0.15) is 25.7 Å². The molecule has 4 atom stereocenters. The minimum atomic E-state index is 0.776. The molecule has 58 valence electrons. The Bertz CT molecular complexity index is 119. The first-order valence-electron chi connectivity index (χ1n) is 4.09. The second kappa shape index (κ2) is 2.78. The van der Waals surface area contributed by atoms with Crippen molar-refractivity contribution in [1.82, 2.24) is 0 Å². The Hall–Kier alpha value is 0.960. The molecule has 2 aliphatic rings.